The molecule has 0 bridgehead atoms. The molecule has 1 aromatic heterocycles. The van der Waals surface area contributed by atoms with Gasteiger partial charge in [0.05, 0.1) is 24.9 Å². The van der Waals surface area contributed by atoms with Gasteiger partial charge in [0, 0.05) is 62.5 Å². The van der Waals surface area contributed by atoms with E-state index in [1.165, 1.54) is 12.5 Å². The molecule has 0 radical (unpaired) electrons. The molecule has 3 aliphatic rings. The molecule has 9 nitrogen and oxygen atoms in total. The van der Waals surface area contributed by atoms with E-state index in [1.54, 1.807) is 6.07 Å². The first kappa shape index (κ1) is 28.3. The molecule has 9 heteroatoms. The van der Waals surface area contributed by atoms with Gasteiger partial charge in [0.2, 0.25) is 5.91 Å². The van der Waals surface area contributed by atoms with Crippen molar-refractivity contribution in [3.8, 4) is 11.8 Å². The van der Waals surface area contributed by atoms with E-state index in [0.29, 0.717) is 57.4 Å². The Morgan fingerprint density at radius 3 is 2.71 bits per heavy atom. The number of hydrogen-bond acceptors (Lipinski definition) is 8. The molecule has 222 valence electrons. The van der Waals surface area contributed by atoms with Crippen LogP contribution >= 0.6 is 0 Å². The largest absolute Gasteiger partial charge is 0.508 e. The number of phenols is 1. The number of phenolic OH excluding ortho intramolecular Hbond substituents is 1. The van der Waals surface area contributed by atoms with Crippen LogP contribution in [0.1, 0.15) is 43.4 Å². The third kappa shape index (κ3) is 6.02. The van der Waals surface area contributed by atoms with Crippen LogP contribution in [0, 0.1) is 5.92 Å². The van der Waals surface area contributed by atoms with Crippen molar-refractivity contribution in [3.05, 3.63) is 60.3 Å². The normalized spacial score (nSPS) is 20.5. The van der Waals surface area contributed by atoms with Crippen LogP contribution in [-0.4, -0.2) is 78.4 Å². The van der Waals surface area contributed by atoms with Crippen molar-refractivity contribution in [1.82, 2.24) is 14.9 Å². The Morgan fingerprint density at radius 2 is 1.93 bits per heavy atom. The Labute approximate surface area is 247 Å². The van der Waals surface area contributed by atoms with Crippen LogP contribution in [0.3, 0.4) is 0 Å². The lowest BCUT2D eigenvalue weighted by atomic mass is 10.0. The second-order valence-corrected chi connectivity index (χ2v) is 11.7. The van der Waals surface area contributed by atoms with Crippen LogP contribution in [0.4, 0.5) is 11.5 Å². The summed E-state index contributed by atoms with van der Waals surface area (Å²) in [6, 6.07) is 12.2. The first-order valence-corrected chi connectivity index (χ1v) is 15.2. The average Bonchev–Trinajstić information content (AvgIpc) is 3.50. The first-order chi connectivity index (χ1) is 20.5. The van der Waals surface area contributed by atoms with E-state index in [-0.39, 0.29) is 11.7 Å². The third-order valence-corrected chi connectivity index (χ3v) is 9.07. The zero-order valence-electron chi connectivity index (χ0n) is 24.5. The summed E-state index contributed by atoms with van der Waals surface area (Å²) in [4.78, 5) is 28.4. The Morgan fingerprint density at radius 1 is 1.10 bits per heavy atom. The highest BCUT2D eigenvalue weighted by atomic mass is 16.5. The van der Waals surface area contributed by atoms with Crippen molar-refractivity contribution in [2.24, 2.45) is 5.92 Å². The molecular formula is C33H41N5O4. The standard InChI is InChI=1S/C33H41N5O4/c1-3-31(40)36-14-16-37(17-15-36)32-28-12-13-38(30-21-25(39)20-24-8-4-5-9-27(24)30)22-29(28)34-33(35-32)42-18-6-7-23-10-11-26(19-23)41-2/h3-5,8-9,20-21,23,26,39H,1,6-7,10-19,22H2,2H3. The number of fused-ring (bicyclic) bond motifs is 2. The van der Waals surface area contributed by atoms with Gasteiger partial charge in [-0.25, -0.2) is 0 Å². The van der Waals surface area contributed by atoms with Crippen molar-refractivity contribution >= 4 is 28.2 Å². The molecule has 2 aliphatic heterocycles. The van der Waals surface area contributed by atoms with Crippen molar-refractivity contribution in [3.63, 3.8) is 0 Å². The molecule has 2 fully saturated rings. The van der Waals surface area contributed by atoms with E-state index >= 15 is 0 Å². The van der Waals surface area contributed by atoms with Gasteiger partial charge >= 0.3 is 6.01 Å². The van der Waals surface area contributed by atoms with Gasteiger partial charge in [0.15, 0.2) is 0 Å². The van der Waals surface area contributed by atoms with Gasteiger partial charge in [-0.05, 0) is 62.0 Å². The maximum atomic E-state index is 12.2. The molecular weight excluding hydrogens is 530 g/mol. The predicted molar refractivity (Wildman–Crippen MR) is 164 cm³/mol. The van der Waals surface area contributed by atoms with Crippen LogP contribution in [0.2, 0.25) is 0 Å². The fraction of sp³-hybridized carbons (Fsp3) is 0.485. The minimum absolute atomic E-state index is 0.0311. The van der Waals surface area contributed by atoms with Gasteiger partial charge in [-0.2, -0.15) is 9.97 Å². The lowest BCUT2D eigenvalue weighted by Crippen LogP contribution is -2.49. The highest BCUT2D eigenvalue weighted by Crippen LogP contribution is 2.36. The molecule has 3 heterocycles. The molecule has 1 aliphatic carbocycles. The summed E-state index contributed by atoms with van der Waals surface area (Å²) in [7, 11) is 1.81. The molecule has 0 spiro atoms. The number of hydrogen-bond donors (Lipinski definition) is 1. The zero-order chi connectivity index (χ0) is 29.1. The number of rotatable bonds is 9. The number of aromatic nitrogens is 2. The monoisotopic (exact) mass is 571 g/mol. The van der Waals surface area contributed by atoms with Crippen molar-refractivity contribution < 1.29 is 19.4 Å². The van der Waals surface area contributed by atoms with E-state index in [4.69, 9.17) is 19.4 Å². The summed E-state index contributed by atoms with van der Waals surface area (Å²) in [6.07, 6.45) is 8.15. The molecule has 2 atom stereocenters. The second-order valence-electron chi connectivity index (χ2n) is 11.7. The minimum Gasteiger partial charge on any atom is -0.508 e. The summed E-state index contributed by atoms with van der Waals surface area (Å²) >= 11 is 0. The molecule has 6 rings (SSSR count). The zero-order valence-corrected chi connectivity index (χ0v) is 24.5. The Hall–Kier alpha value is -3.85. The van der Waals surface area contributed by atoms with Crippen molar-refractivity contribution in [1.29, 1.82) is 0 Å². The number of methoxy groups -OCH3 is 1. The number of nitrogens with zero attached hydrogens (tertiary/aromatic N) is 5. The summed E-state index contributed by atoms with van der Waals surface area (Å²) in [5.74, 6) is 1.84. The number of aromatic hydroxyl groups is 1. The van der Waals surface area contributed by atoms with Crippen molar-refractivity contribution in [2.45, 2.75) is 51.2 Å². The molecule has 1 N–H and O–H groups in total. The summed E-state index contributed by atoms with van der Waals surface area (Å²) < 4.78 is 11.7. The van der Waals surface area contributed by atoms with E-state index in [0.717, 1.165) is 72.2 Å². The third-order valence-electron chi connectivity index (χ3n) is 9.07. The average molecular weight is 572 g/mol. The van der Waals surface area contributed by atoms with Crippen LogP contribution in [0.25, 0.3) is 10.8 Å². The lowest BCUT2D eigenvalue weighted by Gasteiger charge is -2.38. The van der Waals surface area contributed by atoms with Gasteiger partial charge < -0.3 is 29.3 Å². The smallest absolute Gasteiger partial charge is 0.318 e. The fourth-order valence-electron chi connectivity index (χ4n) is 6.77. The van der Waals surface area contributed by atoms with Gasteiger partial charge in [0.25, 0.3) is 0 Å². The number of carbonyl (C=O) groups is 1. The number of ether oxygens (including phenoxy) is 2. The Bertz CT molecular complexity index is 1440. The van der Waals surface area contributed by atoms with E-state index in [1.807, 2.05) is 36.3 Å². The molecule has 1 saturated heterocycles. The number of amides is 1. The second kappa shape index (κ2) is 12.6. The van der Waals surface area contributed by atoms with Crippen LogP contribution in [0.5, 0.6) is 11.8 Å². The van der Waals surface area contributed by atoms with E-state index < -0.39 is 0 Å². The Kier molecular flexibility index (Phi) is 8.46. The van der Waals surface area contributed by atoms with Crippen LogP contribution in [0.15, 0.2) is 49.1 Å². The van der Waals surface area contributed by atoms with E-state index in [2.05, 4.69) is 22.4 Å². The maximum absolute atomic E-state index is 12.2. The molecule has 2 unspecified atom stereocenters. The van der Waals surface area contributed by atoms with Crippen molar-refractivity contribution in [2.75, 3.05) is 56.2 Å². The van der Waals surface area contributed by atoms with Crippen LogP contribution in [-0.2, 0) is 22.5 Å². The van der Waals surface area contributed by atoms with Gasteiger partial charge in [0.1, 0.15) is 11.6 Å². The van der Waals surface area contributed by atoms with E-state index in [9.17, 15) is 9.90 Å². The topological polar surface area (TPSA) is 91.3 Å². The Balaban J connectivity index is 1.23. The van der Waals surface area contributed by atoms with Gasteiger partial charge in [-0.15, -0.1) is 0 Å². The maximum Gasteiger partial charge on any atom is 0.318 e. The highest BCUT2D eigenvalue weighted by Gasteiger charge is 2.29. The fourth-order valence-corrected chi connectivity index (χ4v) is 6.77. The summed E-state index contributed by atoms with van der Waals surface area (Å²) in [5, 5.41) is 12.6. The van der Waals surface area contributed by atoms with Crippen LogP contribution < -0.4 is 14.5 Å². The highest BCUT2D eigenvalue weighted by molar-refractivity contribution is 5.95. The molecule has 42 heavy (non-hydrogen) atoms. The molecule has 1 amide bonds. The molecule has 1 saturated carbocycles. The predicted octanol–water partition coefficient (Wildman–Crippen LogP) is 4.71. The number of carbonyl (C=O) groups excluding carboxylic acids is 1. The van der Waals surface area contributed by atoms with Gasteiger partial charge in [-0.1, -0.05) is 30.8 Å². The minimum atomic E-state index is -0.0311. The quantitative estimate of drug-likeness (QED) is 0.292. The molecule has 3 aromatic rings. The first-order valence-electron chi connectivity index (χ1n) is 15.2. The van der Waals surface area contributed by atoms with Gasteiger partial charge in [-0.3, -0.25) is 4.79 Å². The number of piperazine rings is 1. The lowest BCUT2D eigenvalue weighted by molar-refractivity contribution is -0.126. The number of benzene rings is 2. The SMILES string of the molecule is C=CC(=O)N1CCN(c2nc(OCCCC3CCC(OC)C3)nc3c2CCN(c2cc(O)cc4ccccc24)C3)CC1. The number of anilines is 2. The summed E-state index contributed by atoms with van der Waals surface area (Å²) in [5.41, 5.74) is 3.10. The molecule has 2 aromatic carbocycles. The summed E-state index contributed by atoms with van der Waals surface area (Å²) in [6.45, 7) is 8.27.